The van der Waals surface area contributed by atoms with Crippen molar-refractivity contribution in [1.82, 2.24) is 4.98 Å². The van der Waals surface area contributed by atoms with Crippen molar-refractivity contribution in [2.24, 2.45) is 0 Å². The van der Waals surface area contributed by atoms with Gasteiger partial charge in [-0.25, -0.2) is 4.98 Å². The van der Waals surface area contributed by atoms with Gasteiger partial charge in [-0.15, -0.1) is 0 Å². The average Bonchev–Trinajstić information content (AvgIpc) is 2.83. The number of amides is 1. The number of nitrogens with zero attached hydrogens (tertiary/aromatic N) is 2. The molecule has 0 radical (unpaired) electrons. The molecule has 0 bridgehead atoms. The maximum atomic E-state index is 12.6. The van der Waals surface area contributed by atoms with Gasteiger partial charge in [-0.3, -0.25) is 4.79 Å². The molecule has 0 atom stereocenters. The number of nitrogens with one attached hydrogen (secondary N) is 1. The van der Waals surface area contributed by atoms with E-state index in [1.54, 1.807) is 24.3 Å². The average molecular weight is 470 g/mol. The Bertz CT molecular complexity index is 1330. The van der Waals surface area contributed by atoms with Gasteiger partial charge in [0.25, 0.3) is 0 Å². The summed E-state index contributed by atoms with van der Waals surface area (Å²) in [4.78, 5) is 17.3. The number of benzene rings is 3. The fraction of sp³-hybridized carbons (Fsp3) is 0.0741. The van der Waals surface area contributed by atoms with Crippen LogP contribution in [0, 0.1) is 18.3 Å². The van der Waals surface area contributed by atoms with Gasteiger partial charge in [0.05, 0.1) is 17.0 Å². The van der Waals surface area contributed by atoms with E-state index in [-0.39, 0.29) is 11.7 Å². The summed E-state index contributed by atoms with van der Waals surface area (Å²) in [6, 6.07) is 29.1. The van der Waals surface area contributed by atoms with Crippen LogP contribution in [0.2, 0.25) is 5.02 Å². The molecule has 33 heavy (non-hydrogen) atoms. The fourth-order valence-corrected chi connectivity index (χ4v) is 4.34. The first-order chi connectivity index (χ1) is 16.0. The van der Waals surface area contributed by atoms with E-state index in [1.807, 2.05) is 67.6 Å². The quantitative estimate of drug-likeness (QED) is 0.309. The van der Waals surface area contributed by atoms with Gasteiger partial charge in [-0.05, 0) is 36.8 Å². The molecule has 1 N–H and O–H groups in total. The van der Waals surface area contributed by atoms with E-state index in [0.29, 0.717) is 21.3 Å². The Labute approximate surface area is 202 Å². The van der Waals surface area contributed by atoms with Crippen molar-refractivity contribution < 1.29 is 4.79 Å². The van der Waals surface area contributed by atoms with Crippen LogP contribution in [0.15, 0.2) is 90.0 Å². The second-order valence-electron chi connectivity index (χ2n) is 7.43. The highest BCUT2D eigenvalue weighted by Crippen LogP contribution is 2.34. The predicted molar refractivity (Wildman–Crippen MR) is 135 cm³/mol. The van der Waals surface area contributed by atoms with Crippen LogP contribution in [0.1, 0.15) is 11.1 Å². The first kappa shape index (κ1) is 22.6. The summed E-state index contributed by atoms with van der Waals surface area (Å²) < 4.78 is 0. The van der Waals surface area contributed by atoms with Gasteiger partial charge in [0.15, 0.2) is 0 Å². The van der Waals surface area contributed by atoms with Crippen molar-refractivity contribution in [3.8, 4) is 28.5 Å². The molecule has 162 valence electrons. The van der Waals surface area contributed by atoms with Crippen molar-refractivity contribution >= 4 is 35.0 Å². The van der Waals surface area contributed by atoms with Crippen LogP contribution in [-0.4, -0.2) is 16.6 Å². The summed E-state index contributed by atoms with van der Waals surface area (Å²) in [5.74, 6) is -0.0882. The molecule has 0 saturated carbocycles. The number of aryl methyl sites for hydroxylation is 1. The van der Waals surface area contributed by atoms with Crippen LogP contribution in [0.25, 0.3) is 22.4 Å². The summed E-state index contributed by atoms with van der Waals surface area (Å²) in [5, 5.41) is 13.9. The lowest BCUT2D eigenvalue weighted by atomic mass is 9.99. The highest BCUT2D eigenvalue weighted by atomic mass is 35.5. The lowest BCUT2D eigenvalue weighted by molar-refractivity contribution is -0.113. The zero-order valence-electron chi connectivity index (χ0n) is 17.9. The Kier molecular flexibility index (Phi) is 7.09. The lowest BCUT2D eigenvalue weighted by Gasteiger charge is -2.13. The molecule has 1 amide bonds. The van der Waals surface area contributed by atoms with Crippen LogP contribution >= 0.6 is 23.4 Å². The number of aromatic nitrogens is 1. The predicted octanol–water partition coefficient (Wildman–Crippen LogP) is 6.98. The van der Waals surface area contributed by atoms with Gasteiger partial charge in [0, 0.05) is 21.8 Å². The number of anilines is 1. The van der Waals surface area contributed by atoms with Gasteiger partial charge in [-0.2, -0.15) is 5.26 Å². The molecule has 0 spiro atoms. The normalized spacial score (nSPS) is 10.5. The fourth-order valence-electron chi connectivity index (χ4n) is 3.35. The van der Waals surface area contributed by atoms with Crippen LogP contribution < -0.4 is 5.32 Å². The van der Waals surface area contributed by atoms with Crippen LogP contribution in [0.5, 0.6) is 0 Å². The van der Waals surface area contributed by atoms with Gasteiger partial charge in [-0.1, -0.05) is 89.6 Å². The molecule has 4 rings (SSSR count). The maximum absolute atomic E-state index is 12.6. The van der Waals surface area contributed by atoms with Crippen molar-refractivity contribution in [1.29, 1.82) is 5.26 Å². The summed E-state index contributed by atoms with van der Waals surface area (Å²) in [5.41, 5.74) is 5.66. The van der Waals surface area contributed by atoms with Gasteiger partial charge >= 0.3 is 0 Å². The topological polar surface area (TPSA) is 65.8 Å². The summed E-state index contributed by atoms with van der Waals surface area (Å²) in [6.45, 7) is 2.03. The Morgan fingerprint density at radius 1 is 1.00 bits per heavy atom. The number of carbonyl (C=O) groups is 1. The van der Waals surface area contributed by atoms with Crippen LogP contribution in [0.3, 0.4) is 0 Å². The molecule has 4 aromatic rings. The third-order valence-electron chi connectivity index (χ3n) is 4.98. The number of pyridine rings is 1. The Balaban J connectivity index is 1.68. The summed E-state index contributed by atoms with van der Waals surface area (Å²) in [6.07, 6.45) is 0. The Hall–Kier alpha value is -3.59. The number of hydrogen-bond acceptors (Lipinski definition) is 4. The van der Waals surface area contributed by atoms with Crippen molar-refractivity contribution in [2.75, 3.05) is 11.1 Å². The molecule has 0 aliphatic rings. The maximum Gasteiger partial charge on any atom is 0.234 e. The van der Waals surface area contributed by atoms with Crippen molar-refractivity contribution in [3.63, 3.8) is 0 Å². The van der Waals surface area contributed by atoms with Crippen molar-refractivity contribution in [2.45, 2.75) is 11.9 Å². The Morgan fingerprint density at radius 2 is 1.76 bits per heavy atom. The van der Waals surface area contributed by atoms with E-state index >= 15 is 0 Å². The molecule has 1 aromatic heterocycles. The zero-order chi connectivity index (χ0) is 23.2. The van der Waals surface area contributed by atoms with E-state index < -0.39 is 0 Å². The van der Waals surface area contributed by atoms with E-state index in [9.17, 15) is 10.1 Å². The lowest BCUT2D eigenvalue weighted by Crippen LogP contribution is -2.14. The summed E-state index contributed by atoms with van der Waals surface area (Å²) in [7, 11) is 0. The van der Waals surface area contributed by atoms with Gasteiger partial charge < -0.3 is 5.32 Å². The molecule has 0 saturated heterocycles. The molecular weight excluding hydrogens is 450 g/mol. The number of nitriles is 1. The standard InChI is InChI=1S/C27H20ClN3OS/c1-18-10-12-20(13-11-18)25-15-23(19-6-3-2-4-7-19)24(16-29)27(31-25)33-17-26(32)30-22-9-5-8-21(28)14-22/h2-15H,17H2,1H3,(H,30,32). The monoisotopic (exact) mass is 469 g/mol. The van der Waals surface area contributed by atoms with Crippen molar-refractivity contribution in [3.05, 3.63) is 101 Å². The van der Waals surface area contributed by atoms with Gasteiger partial charge in [0.2, 0.25) is 5.91 Å². The van der Waals surface area contributed by atoms with E-state index in [1.165, 1.54) is 11.8 Å². The third-order valence-corrected chi connectivity index (χ3v) is 6.19. The summed E-state index contributed by atoms with van der Waals surface area (Å²) >= 11 is 7.24. The molecular formula is C27H20ClN3OS. The largest absolute Gasteiger partial charge is 0.325 e. The number of thioether (sulfide) groups is 1. The smallest absolute Gasteiger partial charge is 0.234 e. The SMILES string of the molecule is Cc1ccc(-c2cc(-c3ccccc3)c(C#N)c(SCC(=O)Nc3cccc(Cl)c3)n2)cc1. The number of rotatable bonds is 6. The minimum absolute atomic E-state index is 0.111. The number of carbonyl (C=O) groups excluding carboxylic acids is 1. The third kappa shape index (κ3) is 5.61. The second kappa shape index (κ2) is 10.4. The molecule has 1 heterocycles. The molecule has 4 nitrogen and oxygen atoms in total. The molecule has 0 unspecified atom stereocenters. The Morgan fingerprint density at radius 3 is 2.45 bits per heavy atom. The molecule has 0 fully saturated rings. The minimum Gasteiger partial charge on any atom is -0.325 e. The highest BCUT2D eigenvalue weighted by molar-refractivity contribution is 8.00. The number of hydrogen-bond donors (Lipinski definition) is 1. The first-order valence-corrected chi connectivity index (χ1v) is 11.7. The van der Waals surface area contributed by atoms with E-state index in [2.05, 4.69) is 11.4 Å². The van der Waals surface area contributed by atoms with Gasteiger partial charge in [0.1, 0.15) is 11.1 Å². The molecule has 0 aliphatic carbocycles. The van der Waals surface area contributed by atoms with E-state index in [4.69, 9.17) is 16.6 Å². The van der Waals surface area contributed by atoms with Crippen LogP contribution in [-0.2, 0) is 4.79 Å². The molecule has 0 aliphatic heterocycles. The molecule has 6 heteroatoms. The highest BCUT2D eigenvalue weighted by Gasteiger charge is 2.17. The second-order valence-corrected chi connectivity index (χ2v) is 8.83. The number of halogens is 1. The van der Waals surface area contributed by atoms with Crippen LogP contribution in [0.4, 0.5) is 5.69 Å². The first-order valence-electron chi connectivity index (χ1n) is 10.3. The minimum atomic E-state index is -0.199. The molecule has 3 aromatic carbocycles. The van der Waals surface area contributed by atoms with E-state index in [0.717, 1.165) is 27.9 Å². The zero-order valence-corrected chi connectivity index (χ0v) is 19.5.